The maximum Gasteiger partial charge on any atom is 0.131 e. The molecule has 0 aromatic carbocycles. The highest BCUT2D eigenvalue weighted by atomic mass is 35.5. The molecule has 0 aromatic heterocycles. The summed E-state index contributed by atoms with van der Waals surface area (Å²) >= 11 is 5.46. The van der Waals surface area contributed by atoms with E-state index < -0.39 is 0 Å². The van der Waals surface area contributed by atoms with Gasteiger partial charge >= 0.3 is 0 Å². The first kappa shape index (κ1) is 4.41. The van der Waals surface area contributed by atoms with Gasteiger partial charge in [0.25, 0.3) is 0 Å². The zero-order valence-corrected chi connectivity index (χ0v) is 4.11. The molecule has 0 saturated carbocycles. The molecule has 0 N–H and O–H groups in total. The number of ether oxygens (including phenoxy) is 1. The van der Waals surface area contributed by atoms with E-state index in [2.05, 4.69) is 0 Å². The summed E-state index contributed by atoms with van der Waals surface area (Å²) < 4.78 is 4.86. The molecule has 1 aliphatic rings. The molecule has 0 spiro atoms. The third-order valence-corrected chi connectivity index (χ3v) is 1.05. The van der Waals surface area contributed by atoms with Crippen molar-refractivity contribution in [2.24, 2.45) is 0 Å². The van der Waals surface area contributed by atoms with Crippen LogP contribution < -0.4 is 0 Å². The first-order valence-electron chi connectivity index (χ1n) is 1.97. The highest BCUT2D eigenvalue weighted by Crippen LogP contribution is 2.13. The lowest BCUT2D eigenvalue weighted by Crippen LogP contribution is -1.89. The quantitative estimate of drug-likeness (QED) is 0.421. The largest absolute Gasteiger partial charge is 0.362 e. The van der Waals surface area contributed by atoms with Crippen LogP contribution in [0.3, 0.4) is 0 Å². The maximum absolute atomic E-state index is 5.46. The number of alkyl halides is 1. The van der Waals surface area contributed by atoms with Crippen molar-refractivity contribution in [1.29, 1.82) is 0 Å². The molecular weight excluding hydrogens is 99.5 g/mol. The average Bonchev–Trinajstić information content (AvgIpc) is 1.86. The van der Waals surface area contributed by atoms with Crippen LogP contribution in [0.15, 0.2) is 0 Å². The Morgan fingerprint density at radius 2 is 2.67 bits per heavy atom. The van der Waals surface area contributed by atoms with Crippen LogP contribution in [0.25, 0.3) is 0 Å². The molecule has 0 bridgehead atoms. The van der Waals surface area contributed by atoms with E-state index in [1.165, 1.54) is 0 Å². The molecule has 0 aromatic rings. The number of hydrogen-bond acceptors (Lipinski definition) is 1. The van der Waals surface area contributed by atoms with E-state index >= 15 is 0 Å². The van der Waals surface area contributed by atoms with Crippen molar-refractivity contribution in [1.82, 2.24) is 0 Å². The van der Waals surface area contributed by atoms with Crippen LogP contribution in [-0.4, -0.2) is 12.2 Å². The van der Waals surface area contributed by atoms with Crippen molar-refractivity contribution >= 4 is 11.6 Å². The summed E-state index contributed by atoms with van der Waals surface area (Å²) in [7, 11) is 0. The van der Waals surface area contributed by atoms with Crippen molar-refractivity contribution in [3.05, 3.63) is 6.42 Å². The van der Waals surface area contributed by atoms with Gasteiger partial charge < -0.3 is 4.74 Å². The van der Waals surface area contributed by atoms with Crippen LogP contribution in [0.2, 0.25) is 0 Å². The predicted octanol–water partition coefficient (Wildman–Crippen LogP) is 1.18. The summed E-state index contributed by atoms with van der Waals surface area (Å²) in [6.07, 6.45) is 2.93. The van der Waals surface area contributed by atoms with Crippen LogP contribution >= 0.6 is 11.6 Å². The van der Waals surface area contributed by atoms with E-state index in [4.69, 9.17) is 16.3 Å². The second kappa shape index (κ2) is 1.80. The molecule has 35 valence electrons. The lowest BCUT2D eigenvalue weighted by atomic mass is 10.4. The Hall–Kier alpha value is 0.250. The standard InChI is InChI=1S/C4H6ClO/c5-4-2-1-3-6-4/h1,4H,2-3H2. The summed E-state index contributed by atoms with van der Waals surface area (Å²) in [4.78, 5) is 0. The zero-order chi connectivity index (χ0) is 4.41. The highest BCUT2D eigenvalue weighted by Gasteiger charge is 2.10. The van der Waals surface area contributed by atoms with E-state index in [0.29, 0.717) is 0 Å². The SMILES string of the molecule is ClC1C[CH]CO1. The van der Waals surface area contributed by atoms with Gasteiger partial charge in [-0.2, -0.15) is 0 Å². The van der Waals surface area contributed by atoms with Gasteiger partial charge in [-0.25, -0.2) is 0 Å². The van der Waals surface area contributed by atoms with Gasteiger partial charge in [-0.15, -0.1) is 0 Å². The first-order chi connectivity index (χ1) is 2.89. The molecule has 1 aliphatic heterocycles. The normalized spacial score (nSPS) is 34.5. The average molecular weight is 106 g/mol. The molecule has 2 heteroatoms. The van der Waals surface area contributed by atoms with E-state index in [0.717, 1.165) is 13.0 Å². The van der Waals surface area contributed by atoms with Gasteiger partial charge in [0, 0.05) is 0 Å². The monoisotopic (exact) mass is 105 g/mol. The summed E-state index contributed by atoms with van der Waals surface area (Å²) in [6.45, 7) is 0.730. The Kier molecular flexibility index (Phi) is 1.33. The molecule has 1 radical (unpaired) electrons. The number of halogens is 1. The number of hydrogen-bond donors (Lipinski definition) is 0. The van der Waals surface area contributed by atoms with Crippen LogP contribution in [0.5, 0.6) is 0 Å². The van der Waals surface area contributed by atoms with E-state index in [1.807, 2.05) is 6.42 Å². The minimum atomic E-state index is -0.0370. The summed E-state index contributed by atoms with van der Waals surface area (Å²) in [5, 5.41) is 0. The third-order valence-electron chi connectivity index (χ3n) is 0.747. The fourth-order valence-electron chi connectivity index (χ4n) is 0.440. The van der Waals surface area contributed by atoms with Crippen molar-refractivity contribution < 1.29 is 4.74 Å². The topological polar surface area (TPSA) is 9.23 Å². The Morgan fingerprint density at radius 3 is 2.83 bits per heavy atom. The first-order valence-corrected chi connectivity index (χ1v) is 2.40. The Labute approximate surface area is 42.2 Å². The van der Waals surface area contributed by atoms with Gasteiger partial charge in [0.15, 0.2) is 0 Å². The van der Waals surface area contributed by atoms with Crippen LogP contribution in [-0.2, 0) is 4.74 Å². The van der Waals surface area contributed by atoms with Crippen LogP contribution in [0, 0.1) is 6.42 Å². The van der Waals surface area contributed by atoms with Crippen LogP contribution in [0.1, 0.15) is 6.42 Å². The van der Waals surface area contributed by atoms with Gasteiger partial charge in [-0.3, -0.25) is 0 Å². The van der Waals surface area contributed by atoms with Gasteiger partial charge in [0.2, 0.25) is 0 Å². The summed E-state index contributed by atoms with van der Waals surface area (Å²) in [5.74, 6) is 0. The zero-order valence-electron chi connectivity index (χ0n) is 3.36. The molecule has 6 heavy (non-hydrogen) atoms. The van der Waals surface area contributed by atoms with Gasteiger partial charge in [0.1, 0.15) is 5.56 Å². The fourth-order valence-corrected chi connectivity index (χ4v) is 0.638. The minimum absolute atomic E-state index is 0.0370. The lowest BCUT2D eigenvalue weighted by molar-refractivity contribution is 0.173. The van der Waals surface area contributed by atoms with Crippen molar-refractivity contribution in [3.63, 3.8) is 0 Å². The van der Waals surface area contributed by atoms with Crippen molar-refractivity contribution in [2.75, 3.05) is 6.61 Å². The molecule has 0 aliphatic carbocycles. The molecule has 1 nitrogen and oxygen atoms in total. The predicted molar refractivity (Wildman–Crippen MR) is 24.5 cm³/mol. The fraction of sp³-hybridized carbons (Fsp3) is 0.750. The second-order valence-corrected chi connectivity index (χ2v) is 1.75. The van der Waals surface area contributed by atoms with E-state index in [9.17, 15) is 0 Å². The van der Waals surface area contributed by atoms with Crippen molar-refractivity contribution in [2.45, 2.75) is 12.0 Å². The van der Waals surface area contributed by atoms with Gasteiger partial charge in [-0.05, 0) is 12.8 Å². The molecule has 1 fully saturated rings. The number of rotatable bonds is 0. The smallest absolute Gasteiger partial charge is 0.131 e. The Bertz CT molecular complexity index is 40.8. The summed E-state index contributed by atoms with van der Waals surface area (Å²) in [5.41, 5.74) is -0.0370. The van der Waals surface area contributed by atoms with Gasteiger partial charge in [-0.1, -0.05) is 11.6 Å². The summed E-state index contributed by atoms with van der Waals surface area (Å²) in [6, 6.07) is 0. The molecular formula is C4H6ClO. The maximum atomic E-state index is 5.46. The molecule has 1 saturated heterocycles. The molecule has 1 atom stereocenters. The molecule has 1 rings (SSSR count). The lowest BCUT2D eigenvalue weighted by Gasteiger charge is -1.91. The Balaban J connectivity index is 2.18. The Morgan fingerprint density at radius 1 is 1.83 bits per heavy atom. The van der Waals surface area contributed by atoms with E-state index in [1.54, 1.807) is 0 Å². The van der Waals surface area contributed by atoms with Crippen LogP contribution in [0.4, 0.5) is 0 Å². The molecule has 0 amide bonds. The minimum Gasteiger partial charge on any atom is -0.362 e. The third kappa shape index (κ3) is 0.854. The van der Waals surface area contributed by atoms with E-state index in [-0.39, 0.29) is 5.56 Å². The highest BCUT2D eigenvalue weighted by molar-refractivity contribution is 6.19. The van der Waals surface area contributed by atoms with Gasteiger partial charge in [0.05, 0.1) is 6.61 Å². The molecule has 1 unspecified atom stereocenters. The second-order valence-electron chi connectivity index (χ2n) is 1.27. The van der Waals surface area contributed by atoms with Crippen molar-refractivity contribution in [3.8, 4) is 0 Å². The molecule has 1 heterocycles.